The van der Waals surface area contributed by atoms with E-state index in [1.165, 1.54) is 0 Å². The molecule has 4 nitrogen and oxygen atoms in total. The molecule has 1 saturated heterocycles. The molecule has 4 heteroatoms. The van der Waals surface area contributed by atoms with Crippen LogP contribution in [0.25, 0.3) is 0 Å². The number of nitrogens with one attached hydrogen (secondary N) is 2. The highest BCUT2D eigenvalue weighted by molar-refractivity contribution is 5.80. The summed E-state index contributed by atoms with van der Waals surface area (Å²) in [5.41, 5.74) is 0. The molecule has 1 heterocycles. The van der Waals surface area contributed by atoms with Crippen molar-refractivity contribution in [3.63, 3.8) is 0 Å². The van der Waals surface area contributed by atoms with E-state index in [1.807, 2.05) is 13.8 Å². The van der Waals surface area contributed by atoms with Crippen LogP contribution in [0.4, 0.5) is 0 Å². The van der Waals surface area contributed by atoms with Gasteiger partial charge < -0.3 is 15.7 Å². The average molecular weight is 159 g/mol. The lowest BCUT2D eigenvalue weighted by atomic mass is 10.3. The van der Waals surface area contributed by atoms with E-state index in [9.17, 15) is 0 Å². The SMILES string of the molecule is CC.CN=C1NCC(O)CN1. The Bertz CT molecular complexity index is 115. The van der Waals surface area contributed by atoms with Crippen molar-refractivity contribution in [2.75, 3.05) is 20.1 Å². The molecule has 3 N–H and O–H groups in total. The lowest BCUT2D eigenvalue weighted by molar-refractivity contribution is 0.171. The van der Waals surface area contributed by atoms with Crippen LogP contribution in [0.5, 0.6) is 0 Å². The molecule has 0 unspecified atom stereocenters. The second kappa shape index (κ2) is 5.97. The average Bonchev–Trinajstić information content (AvgIpc) is 2.10. The Morgan fingerprint density at radius 1 is 1.36 bits per heavy atom. The van der Waals surface area contributed by atoms with Crippen molar-refractivity contribution in [1.82, 2.24) is 10.6 Å². The molecular formula is C7H17N3O. The highest BCUT2D eigenvalue weighted by atomic mass is 16.3. The van der Waals surface area contributed by atoms with Crippen LogP contribution >= 0.6 is 0 Å². The van der Waals surface area contributed by atoms with Gasteiger partial charge in [-0.2, -0.15) is 0 Å². The molecule has 0 saturated carbocycles. The van der Waals surface area contributed by atoms with Gasteiger partial charge in [0.2, 0.25) is 0 Å². The maximum Gasteiger partial charge on any atom is 0.191 e. The second-order valence-electron chi connectivity index (χ2n) is 1.99. The number of aliphatic imine (C=N–C) groups is 1. The van der Waals surface area contributed by atoms with Gasteiger partial charge in [-0.1, -0.05) is 13.8 Å². The molecule has 0 bridgehead atoms. The third-order valence-corrected chi connectivity index (χ3v) is 1.23. The number of aliphatic hydroxyl groups excluding tert-OH is 1. The summed E-state index contributed by atoms with van der Waals surface area (Å²) in [5.74, 6) is 0.764. The number of aliphatic hydroxyl groups is 1. The summed E-state index contributed by atoms with van der Waals surface area (Å²) >= 11 is 0. The largest absolute Gasteiger partial charge is 0.389 e. The van der Waals surface area contributed by atoms with Crippen molar-refractivity contribution >= 4 is 5.96 Å². The van der Waals surface area contributed by atoms with E-state index in [1.54, 1.807) is 7.05 Å². The lowest BCUT2D eigenvalue weighted by Gasteiger charge is -2.21. The van der Waals surface area contributed by atoms with E-state index in [4.69, 9.17) is 5.11 Å². The van der Waals surface area contributed by atoms with Crippen molar-refractivity contribution in [2.45, 2.75) is 20.0 Å². The summed E-state index contributed by atoms with van der Waals surface area (Å²) in [6, 6.07) is 0. The minimum Gasteiger partial charge on any atom is -0.389 e. The van der Waals surface area contributed by atoms with Crippen LogP contribution < -0.4 is 10.6 Å². The van der Waals surface area contributed by atoms with Crippen LogP contribution in [-0.4, -0.2) is 37.3 Å². The predicted molar refractivity (Wildman–Crippen MR) is 46.7 cm³/mol. The zero-order chi connectivity index (χ0) is 8.69. The highest BCUT2D eigenvalue weighted by Crippen LogP contribution is 1.83. The number of guanidine groups is 1. The van der Waals surface area contributed by atoms with E-state index >= 15 is 0 Å². The zero-order valence-corrected chi connectivity index (χ0v) is 7.39. The Kier molecular flexibility index (Phi) is 5.56. The first-order valence-electron chi connectivity index (χ1n) is 3.95. The molecule has 0 aromatic rings. The normalized spacial score (nSPS) is 22.2. The Balaban J connectivity index is 0.000000461. The topological polar surface area (TPSA) is 56.7 Å². The summed E-state index contributed by atoms with van der Waals surface area (Å²) in [5, 5.41) is 14.8. The van der Waals surface area contributed by atoms with Gasteiger partial charge in [0.05, 0.1) is 6.10 Å². The lowest BCUT2D eigenvalue weighted by Crippen LogP contribution is -2.51. The van der Waals surface area contributed by atoms with E-state index in [2.05, 4.69) is 15.6 Å². The van der Waals surface area contributed by atoms with Gasteiger partial charge in [0.25, 0.3) is 0 Å². The van der Waals surface area contributed by atoms with Gasteiger partial charge in [0, 0.05) is 20.1 Å². The van der Waals surface area contributed by atoms with Crippen LogP contribution in [0.1, 0.15) is 13.8 Å². The number of hydrogen-bond donors (Lipinski definition) is 3. The van der Waals surface area contributed by atoms with Crippen molar-refractivity contribution in [3.05, 3.63) is 0 Å². The monoisotopic (exact) mass is 159 g/mol. The molecule has 1 aliphatic rings. The van der Waals surface area contributed by atoms with Crippen molar-refractivity contribution in [2.24, 2.45) is 4.99 Å². The van der Waals surface area contributed by atoms with Crippen molar-refractivity contribution in [1.29, 1.82) is 0 Å². The molecule has 0 spiro atoms. The first kappa shape index (κ1) is 10.2. The van der Waals surface area contributed by atoms with Gasteiger partial charge in [-0.25, -0.2) is 0 Å². The Labute approximate surface area is 67.7 Å². The predicted octanol–water partition coefficient (Wildman–Crippen LogP) is -0.448. The van der Waals surface area contributed by atoms with Crippen LogP contribution in [0.2, 0.25) is 0 Å². The molecule has 0 amide bonds. The van der Waals surface area contributed by atoms with E-state index < -0.39 is 0 Å². The van der Waals surface area contributed by atoms with Gasteiger partial charge in [-0.3, -0.25) is 4.99 Å². The van der Waals surface area contributed by atoms with Gasteiger partial charge >= 0.3 is 0 Å². The number of nitrogens with zero attached hydrogens (tertiary/aromatic N) is 1. The minimum absolute atomic E-state index is 0.282. The second-order valence-corrected chi connectivity index (χ2v) is 1.99. The fraction of sp³-hybridized carbons (Fsp3) is 0.857. The maximum atomic E-state index is 8.94. The molecule has 1 rings (SSSR count). The molecular weight excluding hydrogens is 142 g/mol. The standard InChI is InChI=1S/C5H11N3O.C2H6/c1-6-5-7-2-4(9)3-8-5;1-2/h4,9H,2-3H2,1H3,(H2,6,7,8);1-2H3. The van der Waals surface area contributed by atoms with E-state index in [-0.39, 0.29) is 6.10 Å². The fourth-order valence-corrected chi connectivity index (χ4v) is 0.722. The molecule has 1 aliphatic heterocycles. The maximum absolute atomic E-state index is 8.94. The number of β-amino-alcohol motifs (C(OH)–C–C–N with tert-alkyl or cyclic N) is 1. The third kappa shape index (κ3) is 3.83. The summed E-state index contributed by atoms with van der Waals surface area (Å²) in [6.45, 7) is 5.19. The third-order valence-electron chi connectivity index (χ3n) is 1.23. The Morgan fingerprint density at radius 3 is 2.18 bits per heavy atom. The van der Waals surface area contributed by atoms with Gasteiger partial charge in [0.1, 0.15) is 0 Å². The van der Waals surface area contributed by atoms with E-state index in [0.29, 0.717) is 13.1 Å². The molecule has 0 atom stereocenters. The molecule has 0 radical (unpaired) electrons. The smallest absolute Gasteiger partial charge is 0.191 e. The molecule has 66 valence electrons. The van der Waals surface area contributed by atoms with Gasteiger partial charge in [0.15, 0.2) is 5.96 Å². The highest BCUT2D eigenvalue weighted by Gasteiger charge is 2.10. The molecule has 0 aliphatic carbocycles. The van der Waals surface area contributed by atoms with Crippen molar-refractivity contribution in [3.8, 4) is 0 Å². The van der Waals surface area contributed by atoms with Crippen LogP contribution in [0.15, 0.2) is 4.99 Å². The van der Waals surface area contributed by atoms with Crippen LogP contribution in [0.3, 0.4) is 0 Å². The van der Waals surface area contributed by atoms with Gasteiger partial charge in [-0.05, 0) is 0 Å². The van der Waals surface area contributed by atoms with E-state index in [0.717, 1.165) is 5.96 Å². The quantitative estimate of drug-likeness (QED) is 0.449. The zero-order valence-electron chi connectivity index (χ0n) is 7.39. The molecule has 0 aromatic carbocycles. The van der Waals surface area contributed by atoms with Crippen LogP contribution in [-0.2, 0) is 0 Å². The molecule has 0 aromatic heterocycles. The summed E-state index contributed by atoms with van der Waals surface area (Å²) in [7, 11) is 1.70. The molecule has 1 fully saturated rings. The fourth-order valence-electron chi connectivity index (χ4n) is 0.722. The Morgan fingerprint density at radius 2 is 1.82 bits per heavy atom. The molecule has 11 heavy (non-hydrogen) atoms. The summed E-state index contributed by atoms with van der Waals surface area (Å²) in [6.07, 6.45) is -0.282. The summed E-state index contributed by atoms with van der Waals surface area (Å²) < 4.78 is 0. The Hall–Kier alpha value is -0.770. The first-order chi connectivity index (χ1) is 5.33. The van der Waals surface area contributed by atoms with Crippen LogP contribution in [0, 0.1) is 0 Å². The van der Waals surface area contributed by atoms with Gasteiger partial charge in [-0.15, -0.1) is 0 Å². The summed E-state index contributed by atoms with van der Waals surface area (Å²) in [4.78, 5) is 3.87. The van der Waals surface area contributed by atoms with Crippen molar-refractivity contribution < 1.29 is 5.11 Å². The number of hydrogen-bond acceptors (Lipinski definition) is 2. The minimum atomic E-state index is -0.282. The number of rotatable bonds is 0. The first-order valence-corrected chi connectivity index (χ1v) is 3.95.